The molecule has 1 atom stereocenters. The lowest BCUT2D eigenvalue weighted by Crippen LogP contribution is -2.44. The van der Waals surface area contributed by atoms with Crippen molar-refractivity contribution in [2.24, 2.45) is 5.41 Å². The molecule has 3 nitrogen and oxygen atoms in total. The van der Waals surface area contributed by atoms with Gasteiger partial charge in [-0.25, -0.2) is 0 Å². The largest absolute Gasteiger partial charge is 0.468 e. The molecule has 2 heterocycles. The number of aliphatic hydroxyl groups excluding tert-OH is 1. The molecule has 94 valence electrons. The average molecular weight is 235 g/mol. The van der Waals surface area contributed by atoms with Crippen molar-refractivity contribution in [1.29, 1.82) is 0 Å². The second-order valence-electron chi connectivity index (χ2n) is 5.04. The molecule has 0 bridgehead atoms. The maximum absolute atomic E-state index is 9.62. The highest BCUT2D eigenvalue weighted by molar-refractivity contribution is 4.99. The quantitative estimate of drug-likeness (QED) is 0.796. The molecule has 1 fully saturated rings. The molecular weight excluding hydrogens is 214 g/mol. The monoisotopic (exact) mass is 235 g/mol. The van der Waals surface area contributed by atoms with E-state index in [9.17, 15) is 5.11 Å². The van der Waals surface area contributed by atoms with Crippen LogP contribution in [0, 0.1) is 5.41 Å². The molecule has 0 aliphatic carbocycles. The van der Waals surface area contributed by atoms with Crippen molar-refractivity contribution in [1.82, 2.24) is 4.90 Å². The van der Waals surface area contributed by atoms with Gasteiger partial charge in [-0.2, -0.15) is 0 Å². The van der Waals surface area contributed by atoms with Gasteiger partial charge in [-0.05, 0) is 37.9 Å². The molecule has 0 unspecified atom stereocenters. The Morgan fingerprint density at radius 1 is 1.59 bits per heavy atom. The van der Waals surface area contributed by atoms with Crippen molar-refractivity contribution in [2.45, 2.75) is 25.8 Å². The van der Waals surface area contributed by atoms with Gasteiger partial charge in [-0.3, -0.25) is 4.90 Å². The molecule has 1 aliphatic rings. The number of rotatable bonds is 5. The molecular formula is C14H21NO2. The summed E-state index contributed by atoms with van der Waals surface area (Å²) in [5.74, 6) is 0.998. The van der Waals surface area contributed by atoms with Gasteiger partial charge in [-0.15, -0.1) is 6.58 Å². The number of furan rings is 1. The Bertz CT molecular complexity index is 347. The summed E-state index contributed by atoms with van der Waals surface area (Å²) in [5.41, 5.74) is 0.00654. The molecule has 1 aromatic heterocycles. The molecule has 1 saturated heterocycles. The summed E-state index contributed by atoms with van der Waals surface area (Å²) in [7, 11) is 0. The third-order valence-corrected chi connectivity index (χ3v) is 3.61. The van der Waals surface area contributed by atoms with Gasteiger partial charge in [0.15, 0.2) is 0 Å². The van der Waals surface area contributed by atoms with Crippen LogP contribution in [0.15, 0.2) is 35.5 Å². The van der Waals surface area contributed by atoms with Crippen LogP contribution in [0.25, 0.3) is 0 Å². The zero-order valence-electron chi connectivity index (χ0n) is 10.3. The Morgan fingerprint density at radius 3 is 3.12 bits per heavy atom. The van der Waals surface area contributed by atoms with Crippen molar-refractivity contribution in [3.63, 3.8) is 0 Å². The standard InChI is InChI=1S/C14H21NO2/c1-2-6-14(12-16)7-4-8-15(11-14)10-13-5-3-9-17-13/h2-3,5,9,16H,1,4,6-8,10-12H2/t14-/m1/s1. The summed E-state index contributed by atoms with van der Waals surface area (Å²) in [6.07, 6.45) is 6.74. The first-order chi connectivity index (χ1) is 8.28. The second kappa shape index (κ2) is 5.52. The van der Waals surface area contributed by atoms with Crippen LogP contribution in [0.3, 0.4) is 0 Å². The maximum atomic E-state index is 9.62. The Balaban J connectivity index is 1.98. The fourth-order valence-electron chi connectivity index (χ4n) is 2.73. The highest BCUT2D eigenvalue weighted by Crippen LogP contribution is 2.33. The first-order valence-corrected chi connectivity index (χ1v) is 6.24. The molecule has 2 rings (SSSR count). The molecule has 0 spiro atoms. The number of piperidine rings is 1. The second-order valence-corrected chi connectivity index (χ2v) is 5.04. The van der Waals surface area contributed by atoms with E-state index < -0.39 is 0 Å². The van der Waals surface area contributed by atoms with Crippen LogP contribution >= 0.6 is 0 Å². The van der Waals surface area contributed by atoms with E-state index in [0.717, 1.165) is 44.7 Å². The van der Waals surface area contributed by atoms with Crippen LogP contribution in [0.4, 0.5) is 0 Å². The lowest BCUT2D eigenvalue weighted by Gasteiger charge is -2.41. The van der Waals surface area contributed by atoms with E-state index in [-0.39, 0.29) is 12.0 Å². The van der Waals surface area contributed by atoms with Gasteiger partial charge in [0.2, 0.25) is 0 Å². The minimum Gasteiger partial charge on any atom is -0.468 e. The fourth-order valence-corrected chi connectivity index (χ4v) is 2.73. The third kappa shape index (κ3) is 2.99. The molecule has 1 N–H and O–H groups in total. The van der Waals surface area contributed by atoms with Crippen LogP contribution in [-0.4, -0.2) is 29.7 Å². The Kier molecular flexibility index (Phi) is 4.02. The minimum absolute atomic E-state index is 0.00654. The van der Waals surface area contributed by atoms with E-state index in [0.29, 0.717) is 0 Å². The van der Waals surface area contributed by atoms with Crippen molar-refractivity contribution in [2.75, 3.05) is 19.7 Å². The Hall–Kier alpha value is -1.06. The number of likely N-dealkylation sites (tertiary alicyclic amines) is 1. The first-order valence-electron chi connectivity index (χ1n) is 6.24. The van der Waals surface area contributed by atoms with Crippen molar-refractivity contribution in [3.8, 4) is 0 Å². The van der Waals surface area contributed by atoms with Crippen LogP contribution in [0.5, 0.6) is 0 Å². The van der Waals surface area contributed by atoms with E-state index in [1.807, 2.05) is 18.2 Å². The van der Waals surface area contributed by atoms with Gasteiger partial charge in [-0.1, -0.05) is 6.08 Å². The van der Waals surface area contributed by atoms with E-state index in [2.05, 4.69) is 11.5 Å². The van der Waals surface area contributed by atoms with E-state index in [1.54, 1.807) is 6.26 Å². The number of aliphatic hydroxyl groups is 1. The van der Waals surface area contributed by atoms with Gasteiger partial charge >= 0.3 is 0 Å². The number of hydrogen-bond acceptors (Lipinski definition) is 3. The van der Waals surface area contributed by atoms with E-state index in [4.69, 9.17) is 4.42 Å². The maximum Gasteiger partial charge on any atom is 0.117 e. The lowest BCUT2D eigenvalue weighted by molar-refractivity contribution is 0.0282. The number of hydrogen-bond donors (Lipinski definition) is 1. The van der Waals surface area contributed by atoms with Gasteiger partial charge in [0, 0.05) is 12.0 Å². The van der Waals surface area contributed by atoms with Gasteiger partial charge in [0.05, 0.1) is 19.4 Å². The van der Waals surface area contributed by atoms with Crippen molar-refractivity contribution < 1.29 is 9.52 Å². The average Bonchev–Trinajstić information content (AvgIpc) is 2.83. The van der Waals surface area contributed by atoms with Crippen LogP contribution < -0.4 is 0 Å². The molecule has 17 heavy (non-hydrogen) atoms. The Labute approximate surface area is 103 Å². The topological polar surface area (TPSA) is 36.6 Å². The van der Waals surface area contributed by atoms with Crippen molar-refractivity contribution >= 4 is 0 Å². The van der Waals surface area contributed by atoms with Crippen LogP contribution in [-0.2, 0) is 6.54 Å². The lowest BCUT2D eigenvalue weighted by atomic mass is 9.78. The molecule has 0 aromatic carbocycles. The van der Waals surface area contributed by atoms with E-state index in [1.165, 1.54) is 0 Å². The number of allylic oxidation sites excluding steroid dienone is 1. The third-order valence-electron chi connectivity index (χ3n) is 3.61. The first kappa shape index (κ1) is 12.4. The summed E-state index contributed by atoms with van der Waals surface area (Å²) in [5, 5.41) is 9.62. The molecule has 0 saturated carbocycles. The Morgan fingerprint density at radius 2 is 2.47 bits per heavy atom. The smallest absolute Gasteiger partial charge is 0.117 e. The number of nitrogens with zero attached hydrogens (tertiary/aromatic N) is 1. The minimum atomic E-state index is 0.00654. The molecule has 1 aliphatic heterocycles. The summed E-state index contributed by atoms with van der Waals surface area (Å²) in [4.78, 5) is 2.36. The zero-order valence-corrected chi connectivity index (χ0v) is 10.3. The zero-order chi connectivity index (χ0) is 12.1. The van der Waals surface area contributed by atoms with Gasteiger partial charge < -0.3 is 9.52 Å². The molecule has 0 amide bonds. The summed E-state index contributed by atoms with van der Waals surface area (Å²) in [6.45, 7) is 6.89. The van der Waals surface area contributed by atoms with E-state index >= 15 is 0 Å². The highest BCUT2D eigenvalue weighted by Gasteiger charge is 2.33. The molecule has 3 heteroatoms. The van der Waals surface area contributed by atoms with Crippen molar-refractivity contribution in [3.05, 3.63) is 36.8 Å². The SMILES string of the molecule is C=CC[C@@]1(CO)CCCN(Cc2ccco2)C1. The van der Waals surface area contributed by atoms with Crippen LogP contribution in [0.2, 0.25) is 0 Å². The molecule has 1 aromatic rings. The predicted molar refractivity (Wildman–Crippen MR) is 67.6 cm³/mol. The van der Waals surface area contributed by atoms with Gasteiger partial charge in [0.1, 0.15) is 5.76 Å². The van der Waals surface area contributed by atoms with Crippen LogP contribution in [0.1, 0.15) is 25.0 Å². The fraction of sp³-hybridized carbons (Fsp3) is 0.571. The normalized spacial score (nSPS) is 25.9. The summed E-state index contributed by atoms with van der Waals surface area (Å²) >= 11 is 0. The molecule has 0 radical (unpaired) electrons. The summed E-state index contributed by atoms with van der Waals surface area (Å²) < 4.78 is 5.37. The highest BCUT2D eigenvalue weighted by atomic mass is 16.3. The predicted octanol–water partition coefficient (Wildman–Crippen LogP) is 2.43. The van der Waals surface area contributed by atoms with Gasteiger partial charge in [0.25, 0.3) is 0 Å². The summed E-state index contributed by atoms with van der Waals surface area (Å²) in [6, 6.07) is 3.92.